The van der Waals surface area contributed by atoms with Crippen LogP contribution in [0.4, 0.5) is 4.39 Å². The fourth-order valence-electron chi connectivity index (χ4n) is 1.01. The first-order valence-electron chi connectivity index (χ1n) is 3.40. The fraction of sp³-hybridized carbons (Fsp3) is 0. The Kier molecular flexibility index (Phi) is 1.62. The average molecular weight is 180 g/mol. The van der Waals surface area contributed by atoms with Gasteiger partial charge in [0.05, 0.1) is 17.2 Å². The maximum Gasteiger partial charge on any atom is 0.125 e. The van der Waals surface area contributed by atoms with E-state index in [2.05, 4.69) is 9.97 Å². The Balaban J connectivity index is 2.89. The molecule has 0 radical (unpaired) electrons. The number of halogens is 1. The molecule has 0 aliphatic rings. The predicted molar refractivity (Wildman–Crippen MR) is 46.9 cm³/mol. The van der Waals surface area contributed by atoms with Crippen LogP contribution < -0.4 is 0 Å². The Labute approximate surface area is 73.1 Å². The molecule has 2 aromatic rings. The van der Waals surface area contributed by atoms with Crippen LogP contribution >= 0.6 is 12.2 Å². The summed E-state index contributed by atoms with van der Waals surface area (Å²) in [6, 6.07) is 4.35. The van der Waals surface area contributed by atoms with Crippen LogP contribution in [0.25, 0.3) is 11.0 Å². The van der Waals surface area contributed by atoms with Crippen molar-refractivity contribution in [2.75, 3.05) is 0 Å². The number of hydrogen-bond acceptors (Lipinski definition) is 2. The summed E-state index contributed by atoms with van der Waals surface area (Å²) in [7, 11) is 0. The topological polar surface area (TPSA) is 28.7 Å². The Morgan fingerprint density at radius 2 is 2.25 bits per heavy atom. The molecule has 0 aliphatic heterocycles. The van der Waals surface area contributed by atoms with Crippen molar-refractivity contribution in [1.82, 2.24) is 9.97 Å². The van der Waals surface area contributed by atoms with E-state index in [0.717, 1.165) is 0 Å². The summed E-state index contributed by atoms with van der Waals surface area (Å²) in [5.74, 6) is -0.291. The minimum atomic E-state index is -0.291. The van der Waals surface area contributed by atoms with Crippen LogP contribution in [0.15, 0.2) is 24.4 Å². The van der Waals surface area contributed by atoms with Gasteiger partial charge in [-0.1, -0.05) is 12.2 Å². The van der Waals surface area contributed by atoms with Gasteiger partial charge in [0.25, 0.3) is 0 Å². The number of benzene rings is 1. The lowest BCUT2D eigenvalue weighted by molar-refractivity contribution is 0.629. The SMILES string of the molecule is Fc1ccc2ncc(=S)[nH]c2c1. The molecule has 0 saturated carbocycles. The van der Waals surface area contributed by atoms with Crippen molar-refractivity contribution >= 4 is 23.3 Å². The first-order valence-corrected chi connectivity index (χ1v) is 3.81. The molecule has 60 valence electrons. The lowest BCUT2D eigenvalue weighted by atomic mass is 10.3. The molecule has 1 heterocycles. The lowest BCUT2D eigenvalue weighted by Gasteiger charge is -1.95. The molecule has 0 aliphatic carbocycles. The third-order valence-electron chi connectivity index (χ3n) is 1.54. The van der Waals surface area contributed by atoms with Gasteiger partial charge in [-0.3, -0.25) is 4.98 Å². The van der Waals surface area contributed by atoms with Crippen LogP contribution in [0.5, 0.6) is 0 Å². The van der Waals surface area contributed by atoms with Crippen molar-refractivity contribution in [2.45, 2.75) is 0 Å². The zero-order chi connectivity index (χ0) is 8.55. The third kappa shape index (κ3) is 1.21. The van der Waals surface area contributed by atoms with Crippen molar-refractivity contribution in [1.29, 1.82) is 0 Å². The molecule has 1 aromatic heterocycles. The summed E-state index contributed by atoms with van der Waals surface area (Å²) in [6.07, 6.45) is 1.54. The summed E-state index contributed by atoms with van der Waals surface area (Å²) in [5.41, 5.74) is 1.34. The van der Waals surface area contributed by atoms with Gasteiger partial charge in [0.15, 0.2) is 0 Å². The van der Waals surface area contributed by atoms with Crippen LogP contribution in [0.1, 0.15) is 0 Å². The van der Waals surface area contributed by atoms with Gasteiger partial charge in [-0.15, -0.1) is 0 Å². The molecule has 4 heteroatoms. The molecular weight excluding hydrogens is 175 g/mol. The van der Waals surface area contributed by atoms with E-state index < -0.39 is 0 Å². The van der Waals surface area contributed by atoms with Crippen LogP contribution in [0.3, 0.4) is 0 Å². The van der Waals surface area contributed by atoms with E-state index in [1.54, 1.807) is 6.07 Å². The first kappa shape index (κ1) is 7.36. The predicted octanol–water partition coefficient (Wildman–Crippen LogP) is 2.43. The molecule has 0 amide bonds. The van der Waals surface area contributed by atoms with Crippen molar-refractivity contribution in [3.63, 3.8) is 0 Å². The second-order valence-electron chi connectivity index (χ2n) is 2.41. The van der Waals surface area contributed by atoms with Gasteiger partial charge in [0.2, 0.25) is 0 Å². The molecule has 1 N–H and O–H groups in total. The quantitative estimate of drug-likeness (QED) is 0.631. The van der Waals surface area contributed by atoms with E-state index in [-0.39, 0.29) is 5.82 Å². The van der Waals surface area contributed by atoms with Gasteiger partial charge < -0.3 is 4.98 Å². The molecule has 0 fully saturated rings. The highest BCUT2D eigenvalue weighted by molar-refractivity contribution is 7.71. The van der Waals surface area contributed by atoms with Gasteiger partial charge in [0.1, 0.15) is 10.5 Å². The number of aromatic nitrogens is 2. The lowest BCUT2D eigenvalue weighted by Crippen LogP contribution is -1.84. The number of H-pyrrole nitrogens is 1. The smallest absolute Gasteiger partial charge is 0.125 e. The zero-order valence-corrected chi connectivity index (χ0v) is 6.86. The number of rotatable bonds is 0. The molecule has 0 spiro atoms. The number of fused-ring (bicyclic) bond motifs is 1. The minimum Gasteiger partial charge on any atom is -0.343 e. The highest BCUT2D eigenvalue weighted by Gasteiger charge is 1.95. The molecule has 0 bridgehead atoms. The molecule has 2 rings (SSSR count). The number of hydrogen-bond donors (Lipinski definition) is 1. The summed E-state index contributed by atoms with van der Waals surface area (Å²) in [5, 5.41) is 0. The maximum atomic E-state index is 12.7. The standard InChI is InChI=1S/C8H5FN2S/c9-5-1-2-6-7(3-5)11-8(12)4-10-6/h1-4H,(H,11,12). The fourth-order valence-corrected chi connectivity index (χ4v) is 1.18. The molecule has 12 heavy (non-hydrogen) atoms. The molecule has 2 nitrogen and oxygen atoms in total. The second-order valence-corrected chi connectivity index (χ2v) is 2.85. The van der Waals surface area contributed by atoms with Crippen molar-refractivity contribution in [3.8, 4) is 0 Å². The van der Waals surface area contributed by atoms with E-state index in [0.29, 0.717) is 15.7 Å². The van der Waals surface area contributed by atoms with Crippen molar-refractivity contribution in [3.05, 3.63) is 34.9 Å². The van der Waals surface area contributed by atoms with Gasteiger partial charge in [-0.25, -0.2) is 4.39 Å². The highest BCUT2D eigenvalue weighted by Crippen LogP contribution is 2.09. The number of aromatic amines is 1. The largest absolute Gasteiger partial charge is 0.343 e. The summed E-state index contributed by atoms with van der Waals surface area (Å²) in [4.78, 5) is 6.86. The van der Waals surface area contributed by atoms with Gasteiger partial charge in [-0.05, 0) is 18.2 Å². The molecule has 0 atom stereocenters. The first-order chi connectivity index (χ1) is 5.75. The monoisotopic (exact) mass is 180 g/mol. The Bertz CT molecular complexity index is 478. The molecular formula is C8H5FN2S. The van der Waals surface area contributed by atoms with Crippen LogP contribution in [-0.4, -0.2) is 9.97 Å². The summed E-state index contributed by atoms with van der Waals surface area (Å²) in [6.45, 7) is 0. The highest BCUT2D eigenvalue weighted by atomic mass is 32.1. The van der Waals surface area contributed by atoms with E-state index in [4.69, 9.17) is 12.2 Å². The van der Waals surface area contributed by atoms with E-state index >= 15 is 0 Å². The summed E-state index contributed by atoms with van der Waals surface area (Å²) < 4.78 is 13.2. The maximum absolute atomic E-state index is 12.7. The van der Waals surface area contributed by atoms with Gasteiger partial charge in [0, 0.05) is 0 Å². The van der Waals surface area contributed by atoms with Crippen LogP contribution in [-0.2, 0) is 0 Å². The second kappa shape index (κ2) is 2.64. The number of nitrogens with zero attached hydrogens (tertiary/aromatic N) is 1. The average Bonchev–Trinajstić information content (AvgIpc) is 2.03. The normalized spacial score (nSPS) is 10.4. The number of nitrogens with one attached hydrogen (secondary N) is 1. The molecule has 0 unspecified atom stereocenters. The Morgan fingerprint density at radius 1 is 1.42 bits per heavy atom. The molecule has 1 aromatic carbocycles. The Morgan fingerprint density at radius 3 is 3.08 bits per heavy atom. The van der Waals surface area contributed by atoms with E-state index in [1.165, 1.54) is 18.3 Å². The van der Waals surface area contributed by atoms with E-state index in [1.807, 2.05) is 0 Å². The van der Waals surface area contributed by atoms with Gasteiger partial charge in [-0.2, -0.15) is 0 Å². The zero-order valence-electron chi connectivity index (χ0n) is 6.04. The summed E-state index contributed by atoms with van der Waals surface area (Å²) >= 11 is 4.84. The molecule has 0 saturated heterocycles. The van der Waals surface area contributed by atoms with E-state index in [9.17, 15) is 4.39 Å². The minimum absolute atomic E-state index is 0.291. The Hall–Kier alpha value is -1.29. The van der Waals surface area contributed by atoms with Crippen LogP contribution in [0.2, 0.25) is 0 Å². The third-order valence-corrected chi connectivity index (χ3v) is 1.74. The van der Waals surface area contributed by atoms with Crippen molar-refractivity contribution in [2.24, 2.45) is 0 Å². The van der Waals surface area contributed by atoms with Gasteiger partial charge >= 0.3 is 0 Å². The van der Waals surface area contributed by atoms with Crippen LogP contribution in [0, 0.1) is 10.5 Å². The van der Waals surface area contributed by atoms with Crippen molar-refractivity contribution < 1.29 is 4.39 Å².